The Morgan fingerprint density at radius 3 is 2.47 bits per heavy atom. The van der Waals surface area contributed by atoms with Crippen molar-refractivity contribution in [2.45, 2.75) is 20.4 Å². The van der Waals surface area contributed by atoms with E-state index in [-0.39, 0.29) is 29.9 Å². The number of halogens is 1. The van der Waals surface area contributed by atoms with Crippen LogP contribution in [0.1, 0.15) is 28.4 Å². The molecule has 0 aliphatic heterocycles. The van der Waals surface area contributed by atoms with Gasteiger partial charge in [-0.25, -0.2) is 4.99 Å². The first-order valence-electron chi connectivity index (χ1n) is 10.7. The van der Waals surface area contributed by atoms with Crippen LogP contribution in [0.25, 0.3) is 0 Å². The summed E-state index contributed by atoms with van der Waals surface area (Å²) < 4.78 is 5.75. The molecule has 1 amide bonds. The standard InChI is InChI=1S/C24H35N5O2.HI/c1-5-25-24(27-14-16-31-22-11-9-19(2)10-12-22)28-18-20-7-6-8-21(17-20)23(30)26-13-15-29(3)4;/h6-12,17H,5,13-16,18H2,1-4H3,(H,26,30)(H2,25,27,28);1H. The molecule has 3 N–H and O–H groups in total. The summed E-state index contributed by atoms with van der Waals surface area (Å²) >= 11 is 0. The van der Waals surface area contributed by atoms with E-state index in [0.29, 0.717) is 31.8 Å². The summed E-state index contributed by atoms with van der Waals surface area (Å²) in [5, 5.41) is 9.45. The van der Waals surface area contributed by atoms with Gasteiger partial charge >= 0.3 is 0 Å². The SMILES string of the molecule is CCNC(=NCc1cccc(C(=O)NCCN(C)C)c1)NCCOc1ccc(C)cc1.I. The Morgan fingerprint density at radius 2 is 1.78 bits per heavy atom. The minimum absolute atomic E-state index is 0. The van der Waals surface area contributed by atoms with Crippen LogP contribution in [0, 0.1) is 6.92 Å². The summed E-state index contributed by atoms with van der Waals surface area (Å²) in [6, 6.07) is 15.6. The topological polar surface area (TPSA) is 78.0 Å². The summed E-state index contributed by atoms with van der Waals surface area (Å²) in [5.74, 6) is 1.51. The Labute approximate surface area is 209 Å². The molecule has 0 spiro atoms. The lowest BCUT2D eigenvalue weighted by molar-refractivity contribution is 0.0951. The van der Waals surface area contributed by atoms with E-state index in [1.54, 1.807) is 0 Å². The van der Waals surface area contributed by atoms with E-state index in [2.05, 4.69) is 27.9 Å². The molecule has 2 aromatic carbocycles. The molecule has 0 atom stereocenters. The second-order valence-corrected chi connectivity index (χ2v) is 7.54. The van der Waals surface area contributed by atoms with Crippen LogP contribution in [0.2, 0.25) is 0 Å². The van der Waals surface area contributed by atoms with Crippen LogP contribution in [0.4, 0.5) is 0 Å². The molecule has 2 aromatic rings. The van der Waals surface area contributed by atoms with E-state index in [4.69, 9.17) is 4.74 Å². The van der Waals surface area contributed by atoms with Crippen molar-refractivity contribution in [2.75, 3.05) is 46.9 Å². The van der Waals surface area contributed by atoms with E-state index < -0.39 is 0 Å². The fraction of sp³-hybridized carbons (Fsp3) is 0.417. The van der Waals surface area contributed by atoms with Gasteiger partial charge in [-0.05, 0) is 57.8 Å². The van der Waals surface area contributed by atoms with E-state index in [9.17, 15) is 4.79 Å². The van der Waals surface area contributed by atoms with E-state index in [1.165, 1.54) is 5.56 Å². The average Bonchev–Trinajstić information content (AvgIpc) is 2.76. The number of rotatable bonds is 11. The summed E-state index contributed by atoms with van der Waals surface area (Å²) in [5.41, 5.74) is 2.84. The third-order valence-electron chi connectivity index (χ3n) is 4.48. The molecule has 0 bridgehead atoms. The highest BCUT2D eigenvalue weighted by Gasteiger charge is 2.06. The highest BCUT2D eigenvalue weighted by atomic mass is 127. The molecule has 0 saturated heterocycles. The molecule has 0 unspecified atom stereocenters. The smallest absolute Gasteiger partial charge is 0.251 e. The van der Waals surface area contributed by atoms with Crippen molar-refractivity contribution >= 4 is 35.8 Å². The minimum Gasteiger partial charge on any atom is -0.492 e. The van der Waals surface area contributed by atoms with Gasteiger partial charge in [-0.2, -0.15) is 0 Å². The summed E-state index contributed by atoms with van der Waals surface area (Å²) in [6.45, 7) is 7.92. The molecule has 32 heavy (non-hydrogen) atoms. The molecule has 0 aromatic heterocycles. The number of guanidine groups is 1. The Hall–Kier alpha value is -2.33. The number of ether oxygens (including phenoxy) is 1. The number of amides is 1. The predicted octanol–water partition coefficient (Wildman–Crippen LogP) is 3.04. The van der Waals surface area contributed by atoms with Crippen LogP contribution in [0.15, 0.2) is 53.5 Å². The number of likely N-dealkylation sites (N-methyl/N-ethyl adjacent to an activating group) is 1. The number of carbonyl (C=O) groups is 1. The number of aliphatic imine (C=N–C) groups is 1. The van der Waals surface area contributed by atoms with Crippen LogP contribution in [0.3, 0.4) is 0 Å². The van der Waals surface area contributed by atoms with Crippen LogP contribution >= 0.6 is 24.0 Å². The molecule has 0 saturated carbocycles. The number of benzene rings is 2. The van der Waals surface area contributed by atoms with E-state index in [1.807, 2.05) is 74.4 Å². The lowest BCUT2D eigenvalue weighted by Crippen LogP contribution is -2.39. The van der Waals surface area contributed by atoms with Gasteiger partial charge in [0.25, 0.3) is 5.91 Å². The van der Waals surface area contributed by atoms with E-state index in [0.717, 1.165) is 30.4 Å². The molecule has 7 nitrogen and oxygen atoms in total. The van der Waals surface area contributed by atoms with Gasteiger partial charge < -0.3 is 25.6 Å². The Kier molecular flexibility index (Phi) is 13.4. The van der Waals surface area contributed by atoms with Gasteiger partial charge in [0, 0.05) is 25.2 Å². The van der Waals surface area contributed by atoms with Gasteiger partial charge in [0.15, 0.2) is 5.96 Å². The van der Waals surface area contributed by atoms with Gasteiger partial charge in [0.2, 0.25) is 0 Å². The summed E-state index contributed by atoms with van der Waals surface area (Å²) in [7, 11) is 3.96. The van der Waals surface area contributed by atoms with Gasteiger partial charge in [-0.15, -0.1) is 24.0 Å². The lowest BCUT2D eigenvalue weighted by Gasteiger charge is -2.13. The van der Waals surface area contributed by atoms with Crippen LogP contribution < -0.4 is 20.7 Å². The van der Waals surface area contributed by atoms with Gasteiger partial charge in [-0.1, -0.05) is 29.8 Å². The number of aryl methyl sites for hydroxylation is 1. The van der Waals surface area contributed by atoms with Crippen molar-refractivity contribution in [3.8, 4) is 5.75 Å². The lowest BCUT2D eigenvalue weighted by atomic mass is 10.1. The monoisotopic (exact) mass is 553 g/mol. The maximum absolute atomic E-state index is 12.3. The Bertz CT molecular complexity index is 841. The van der Waals surface area contributed by atoms with Crippen molar-refractivity contribution in [3.63, 3.8) is 0 Å². The normalized spacial score (nSPS) is 11.0. The quantitative estimate of drug-likeness (QED) is 0.173. The second-order valence-electron chi connectivity index (χ2n) is 7.54. The van der Waals surface area contributed by atoms with Gasteiger partial charge in [0.1, 0.15) is 12.4 Å². The molecule has 0 aliphatic rings. The van der Waals surface area contributed by atoms with E-state index >= 15 is 0 Å². The third kappa shape index (κ3) is 10.8. The van der Waals surface area contributed by atoms with Crippen LogP contribution in [0.5, 0.6) is 5.75 Å². The number of nitrogens with one attached hydrogen (secondary N) is 3. The fourth-order valence-electron chi connectivity index (χ4n) is 2.79. The largest absolute Gasteiger partial charge is 0.492 e. The van der Waals surface area contributed by atoms with Crippen LogP contribution in [-0.4, -0.2) is 63.6 Å². The first kappa shape index (κ1) is 27.7. The maximum atomic E-state index is 12.3. The number of carbonyl (C=O) groups excluding carboxylic acids is 1. The van der Waals surface area contributed by atoms with Crippen molar-refractivity contribution in [3.05, 3.63) is 65.2 Å². The number of hydrogen-bond donors (Lipinski definition) is 3. The Morgan fingerprint density at radius 1 is 1.03 bits per heavy atom. The number of hydrogen-bond acceptors (Lipinski definition) is 4. The molecular formula is C24H36IN5O2. The molecule has 0 aliphatic carbocycles. The molecule has 0 radical (unpaired) electrons. The average molecular weight is 553 g/mol. The van der Waals surface area contributed by atoms with Gasteiger partial charge in [0.05, 0.1) is 13.1 Å². The van der Waals surface area contributed by atoms with Crippen molar-refractivity contribution in [1.29, 1.82) is 0 Å². The molecule has 2 rings (SSSR count). The first-order valence-corrected chi connectivity index (χ1v) is 10.7. The highest BCUT2D eigenvalue weighted by molar-refractivity contribution is 14.0. The van der Waals surface area contributed by atoms with Crippen molar-refractivity contribution < 1.29 is 9.53 Å². The van der Waals surface area contributed by atoms with Crippen LogP contribution in [-0.2, 0) is 6.54 Å². The van der Waals surface area contributed by atoms with Crippen molar-refractivity contribution in [2.24, 2.45) is 4.99 Å². The molecular weight excluding hydrogens is 517 g/mol. The second kappa shape index (κ2) is 15.5. The maximum Gasteiger partial charge on any atom is 0.251 e. The predicted molar refractivity (Wildman–Crippen MR) is 142 cm³/mol. The molecule has 0 fully saturated rings. The zero-order valence-electron chi connectivity index (χ0n) is 19.5. The summed E-state index contributed by atoms with van der Waals surface area (Å²) in [4.78, 5) is 19.0. The summed E-state index contributed by atoms with van der Waals surface area (Å²) in [6.07, 6.45) is 0. The zero-order valence-corrected chi connectivity index (χ0v) is 21.8. The fourth-order valence-corrected chi connectivity index (χ4v) is 2.79. The molecule has 0 heterocycles. The van der Waals surface area contributed by atoms with Crippen molar-refractivity contribution in [1.82, 2.24) is 20.9 Å². The Balaban J connectivity index is 0.00000512. The minimum atomic E-state index is -0.0639. The molecule has 176 valence electrons. The first-order chi connectivity index (χ1) is 15.0. The van der Waals surface area contributed by atoms with Gasteiger partial charge in [-0.3, -0.25) is 4.79 Å². The number of nitrogens with zero attached hydrogens (tertiary/aromatic N) is 2. The third-order valence-corrected chi connectivity index (χ3v) is 4.48. The highest BCUT2D eigenvalue weighted by Crippen LogP contribution is 2.11. The zero-order chi connectivity index (χ0) is 22.5. The molecule has 8 heteroatoms.